The molecule has 0 aliphatic carbocycles. The summed E-state index contributed by atoms with van der Waals surface area (Å²) in [6, 6.07) is 35.8. The van der Waals surface area contributed by atoms with Gasteiger partial charge in [-0.05, 0) is 71.5 Å². The number of imidazole rings is 1. The fourth-order valence-corrected chi connectivity index (χ4v) is 6.23. The molecule has 3 aromatic carbocycles. The summed E-state index contributed by atoms with van der Waals surface area (Å²) in [5.74, 6) is 0.815. The molecule has 0 saturated carbocycles. The molecule has 5 heterocycles. The van der Waals surface area contributed by atoms with E-state index in [-0.39, 0.29) is 0 Å². The molecule has 0 saturated heterocycles. The van der Waals surface area contributed by atoms with E-state index < -0.39 is 0 Å². The lowest BCUT2D eigenvalue weighted by Crippen LogP contribution is -2.07. The van der Waals surface area contributed by atoms with Crippen LogP contribution in [0, 0.1) is 6.92 Å². The largest absolute Gasteiger partial charge is 0.292 e. The van der Waals surface area contributed by atoms with E-state index in [1.807, 2.05) is 48.0 Å². The molecule has 0 N–H and O–H groups in total. The minimum atomic E-state index is 0.815. The van der Waals surface area contributed by atoms with Crippen molar-refractivity contribution in [3.8, 4) is 44.3 Å². The van der Waals surface area contributed by atoms with E-state index in [2.05, 4.69) is 86.6 Å². The number of para-hydroxylation sites is 3. The first kappa shape index (κ1) is 23.5. The number of benzene rings is 3. The van der Waals surface area contributed by atoms with Crippen molar-refractivity contribution in [2.75, 3.05) is 0 Å². The van der Waals surface area contributed by atoms with Crippen molar-refractivity contribution in [1.29, 1.82) is 0 Å². The third kappa shape index (κ3) is 3.88. The Morgan fingerprint density at radius 2 is 1.56 bits per heavy atom. The Morgan fingerprint density at radius 1 is 0.756 bits per heavy atom. The van der Waals surface area contributed by atoms with Gasteiger partial charge in [-0.1, -0.05) is 60.7 Å². The van der Waals surface area contributed by atoms with E-state index in [1.165, 1.54) is 10.4 Å². The number of nitrogens with zero attached hydrogens (tertiary/aromatic N) is 7. The Labute approximate surface area is 239 Å². The van der Waals surface area contributed by atoms with Crippen LogP contribution >= 0.6 is 11.3 Å². The molecule has 0 spiro atoms. The average Bonchev–Trinajstić information content (AvgIpc) is 3.83. The van der Waals surface area contributed by atoms with Crippen LogP contribution in [-0.4, -0.2) is 33.9 Å². The van der Waals surface area contributed by atoms with Crippen LogP contribution in [0.4, 0.5) is 0 Å². The van der Waals surface area contributed by atoms with Crippen molar-refractivity contribution < 1.29 is 0 Å². The molecule has 0 bridgehead atoms. The van der Waals surface area contributed by atoms with Gasteiger partial charge >= 0.3 is 0 Å². The van der Waals surface area contributed by atoms with Gasteiger partial charge in [0.05, 0.1) is 33.7 Å². The van der Waals surface area contributed by atoms with Crippen molar-refractivity contribution in [2.45, 2.75) is 6.92 Å². The maximum atomic E-state index is 5.04. The zero-order chi connectivity index (χ0) is 27.3. The predicted octanol–water partition coefficient (Wildman–Crippen LogP) is 7.62. The van der Waals surface area contributed by atoms with Crippen LogP contribution in [0.3, 0.4) is 0 Å². The highest BCUT2D eigenvalue weighted by Gasteiger charge is 2.24. The fourth-order valence-electron chi connectivity index (χ4n) is 5.50. The van der Waals surface area contributed by atoms with E-state index in [0.29, 0.717) is 0 Å². The maximum absolute atomic E-state index is 5.04. The molecule has 8 heteroatoms. The van der Waals surface area contributed by atoms with Gasteiger partial charge in [0.25, 0.3) is 0 Å². The second kappa shape index (κ2) is 9.39. The molecule has 0 radical (unpaired) electrons. The molecule has 196 valence electrons. The molecule has 0 amide bonds. The van der Waals surface area contributed by atoms with Crippen LogP contribution < -0.4 is 0 Å². The molecule has 5 aromatic heterocycles. The Balaban J connectivity index is 1.42. The van der Waals surface area contributed by atoms with Gasteiger partial charge in [-0.25, -0.2) is 19.3 Å². The first-order valence-electron chi connectivity index (χ1n) is 13.3. The zero-order valence-corrected chi connectivity index (χ0v) is 22.9. The number of aryl methyl sites for hydroxylation is 1. The highest BCUT2D eigenvalue weighted by molar-refractivity contribution is 7.13. The number of fused-ring (bicyclic) bond motifs is 3. The number of rotatable bonds is 5. The second-order valence-corrected chi connectivity index (χ2v) is 10.8. The highest BCUT2D eigenvalue weighted by Crippen LogP contribution is 2.37. The minimum absolute atomic E-state index is 0.815. The van der Waals surface area contributed by atoms with Crippen LogP contribution in [0.2, 0.25) is 0 Å². The summed E-state index contributed by atoms with van der Waals surface area (Å²) < 4.78 is 5.95. The first-order chi connectivity index (χ1) is 20.2. The van der Waals surface area contributed by atoms with Crippen LogP contribution in [0.1, 0.15) is 5.69 Å². The number of hydrogen-bond donors (Lipinski definition) is 0. The van der Waals surface area contributed by atoms with Crippen molar-refractivity contribution in [3.63, 3.8) is 0 Å². The smallest absolute Gasteiger partial charge is 0.168 e. The van der Waals surface area contributed by atoms with Gasteiger partial charge in [-0.15, -0.1) is 11.3 Å². The summed E-state index contributed by atoms with van der Waals surface area (Å²) in [5, 5.41) is 11.7. The van der Waals surface area contributed by atoms with Gasteiger partial charge in [0.15, 0.2) is 5.82 Å². The van der Waals surface area contributed by atoms with Gasteiger partial charge in [0.1, 0.15) is 18.3 Å². The fraction of sp³-hybridized carbons (Fsp3) is 0.0303. The molecule has 0 atom stereocenters. The van der Waals surface area contributed by atoms with Crippen LogP contribution in [0.5, 0.6) is 0 Å². The maximum Gasteiger partial charge on any atom is 0.168 e. The lowest BCUT2D eigenvalue weighted by atomic mass is 10.0. The summed E-state index contributed by atoms with van der Waals surface area (Å²) >= 11 is 1.75. The van der Waals surface area contributed by atoms with Gasteiger partial charge < -0.3 is 0 Å². The summed E-state index contributed by atoms with van der Waals surface area (Å²) in [7, 11) is 0. The summed E-state index contributed by atoms with van der Waals surface area (Å²) in [6.45, 7) is 2.04. The minimum Gasteiger partial charge on any atom is -0.292 e. The normalized spacial score (nSPS) is 11.5. The molecule has 0 aliphatic heterocycles. The average molecular weight is 550 g/mol. The lowest BCUT2D eigenvalue weighted by molar-refractivity contribution is 0.760. The van der Waals surface area contributed by atoms with Gasteiger partial charge in [-0.2, -0.15) is 10.2 Å². The molecule has 0 aliphatic rings. The Hall–Kier alpha value is -5.34. The van der Waals surface area contributed by atoms with E-state index >= 15 is 0 Å². The number of thiophene rings is 1. The summed E-state index contributed by atoms with van der Waals surface area (Å²) in [6.07, 6.45) is 3.27. The molecule has 0 unspecified atom stereocenters. The second-order valence-electron chi connectivity index (χ2n) is 9.85. The zero-order valence-electron chi connectivity index (χ0n) is 22.1. The molecule has 7 nitrogen and oxygen atoms in total. The van der Waals surface area contributed by atoms with Crippen LogP contribution in [-0.2, 0) is 0 Å². The Kier molecular flexibility index (Phi) is 5.39. The Morgan fingerprint density at radius 3 is 2.34 bits per heavy atom. The van der Waals surface area contributed by atoms with E-state index in [1.54, 1.807) is 28.7 Å². The van der Waals surface area contributed by atoms with Gasteiger partial charge in [0.2, 0.25) is 0 Å². The van der Waals surface area contributed by atoms with Crippen LogP contribution in [0.25, 0.3) is 61.0 Å². The van der Waals surface area contributed by atoms with Crippen molar-refractivity contribution in [3.05, 3.63) is 127 Å². The monoisotopic (exact) mass is 549 g/mol. The summed E-state index contributed by atoms with van der Waals surface area (Å²) in [4.78, 5) is 10.6. The number of hydrogen-bond acceptors (Lipinski definition) is 5. The van der Waals surface area contributed by atoms with E-state index in [9.17, 15) is 0 Å². The lowest BCUT2D eigenvalue weighted by Gasteiger charge is -2.14. The third-order valence-corrected chi connectivity index (χ3v) is 8.28. The SMILES string of the molecule is Cc1nn(-c2ccccc2)c(-n2cncn2)c1-c1cc(-c2ccc(-c3cccs3)cc2)cc2nc3ccccc3n12. The van der Waals surface area contributed by atoms with Crippen LogP contribution in [0.15, 0.2) is 121 Å². The first-order valence-corrected chi connectivity index (χ1v) is 14.2. The van der Waals surface area contributed by atoms with Crippen molar-refractivity contribution >= 4 is 28.0 Å². The number of aromatic nitrogens is 7. The van der Waals surface area contributed by atoms with Gasteiger partial charge in [-0.3, -0.25) is 4.40 Å². The Bertz CT molecular complexity index is 2140. The third-order valence-electron chi connectivity index (χ3n) is 7.36. The van der Waals surface area contributed by atoms with E-state index in [0.717, 1.165) is 56.3 Å². The quantitative estimate of drug-likeness (QED) is 0.221. The molecule has 0 fully saturated rings. The molecule has 8 aromatic rings. The van der Waals surface area contributed by atoms with Gasteiger partial charge in [0, 0.05) is 4.88 Å². The predicted molar refractivity (Wildman–Crippen MR) is 164 cm³/mol. The van der Waals surface area contributed by atoms with Crippen molar-refractivity contribution in [2.24, 2.45) is 0 Å². The van der Waals surface area contributed by atoms with Crippen molar-refractivity contribution in [1.82, 2.24) is 33.9 Å². The molecular weight excluding hydrogens is 526 g/mol. The highest BCUT2D eigenvalue weighted by atomic mass is 32.1. The number of pyridine rings is 1. The molecular formula is C33H23N7S. The molecule has 41 heavy (non-hydrogen) atoms. The molecule has 8 rings (SSSR count). The standard InChI is InChI=1S/C33H23N7S/c1-22-32(33(38-21-34-20-35-38)40(37-22)26-8-3-2-4-9-26)29-18-25(19-31-36-27-10-5-6-11-28(27)39(29)31)23-13-15-24(16-14-23)30-12-7-17-41-30/h2-21H,1H3. The van der Waals surface area contributed by atoms with E-state index in [4.69, 9.17) is 10.1 Å². The summed E-state index contributed by atoms with van der Waals surface area (Å²) in [5.41, 5.74) is 10.0. The topological polar surface area (TPSA) is 65.8 Å².